The summed E-state index contributed by atoms with van der Waals surface area (Å²) >= 11 is 1.07. The van der Waals surface area contributed by atoms with Crippen LogP contribution in [-0.4, -0.2) is 36.6 Å². The number of carboxylic acids is 1. The van der Waals surface area contributed by atoms with Crippen LogP contribution in [0.5, 0.6) is 0 Å². The largest absolute Gasteiger partial charge is 0.481 e. The number of rotatable bonds is 6. The molecule has 112 valence electrons. The molecule has 2 aromatic heterocycles. The van der Waals surface area contributed by atoms with Crippen LogP contribution in [0.1, 0.15) is 13.8 Å². The van der Waals surface area contributed by atoms with Crippen LogP contribution in [0.2, 0.25) is 0 Å². The molecule has 0 aliphatic heterocycles. The second-order valence-corrected chi connectivity index (χ2v) is 5.79. The summed E-state index contributed by atoms with van der Waals surface area (Å²) in [7, 11) is 0. The van der Waals surface area contributed by atoms with E-state index in [2.05, 4.69) is 15.2 Å². The fourth-order valence-electron chi connectivity index (χ4n) is 1.81. The van der Waals surface area contributed by atoms with Gasteiger partial charge < -0.3 is 9.67 Å². The molecule has 0 spiro atoms. The maximum absolute atomic E-state index is 13.9. The number of pyridine rings is 1. The molecule has 6 nitrogen and oxygen atoms in total. The van der Waals surface area contributed by atoms with Crippen LogP contribution in [0.25, 0.3) is 11.4 Å². The first-order chi connectivity index (χ1) is 9.99. The Balaban J connectivity index is 2.41. The van der Waals surface area contributed by atoms with Gasteiger partial charge in [-0.25, -0.2) is 4.39 Å². The van der Waals surface area contributed by atoms with Crippen molar-refractivity contribution in [1.82, 2.24) is 19.7 Å². The Bertz CT molecular complexity index is 645. The molecule has 0 aliphatic carbocycles. The van der Waals surface area contributed by atoms with Crippen LogP contribution in [0, 0.1) is 11.7 Å². The number of hydrogen-bond acceptors (Lipinski definition) is 5. The topological polar surface area (TPSA) is 80.9 Å². The van der Waals surface area contributed by atoms with Gasteiger partial charge in [0.2, 0.25) is 0 Å². The van der Waals surface area contributed by atoms with Crippen molar-refractivity contribution in [2.75, 3.05) is 5.75 Å². The summed E-state index contributed by atoms with van der Waals surface area (Å²) in [5.41, 5.74) is 0.306. The molecule has 0 unspecified atom stereocenters. The summed E-state index contributed by atoms with van der Waals surface area (Å²) in [4.78, 5) is 14.4. The Morgan fingerprint density at radius 2 is 2.24 bits per heavy atom. The van der Waals surface area contributed by atoms with Crippen LogP contribution >= 0.6 is 11.8 Å². The van der Waals surface area contributed by atoms with Crippen molar-refractivity contribution in [2.45, 2.75) is 25.5 Å². The third-order valence-corrected chi connectivity index (χ3v) is 3.55. The first kappa shape index (κ1) is 15.4. The van der Waals surface area contributed by atoms with E-state index in [0.29, 0.717) is 23.1 Å². The standard InChI is InChI=1S/C13H15FN4O2S/c1-8(2)6-18-12(9-3-4-15-5-10(9)14)16-17-13(18)21-7-11(19)20/h3-5,8H,6-7H2,1-2H3,(H,19,20). The van der Waals surface area contributed by atoms with Crippen molar-refractivity contribution in [2.24, 2.45) is 5.92 Å². The molecule has 0 fully saturated rings. The summed E-state index contributed by atoms with van der Waals surface area (Å²) in [5.74, 6) is -0.861. The highest BCUT2D eigenvalue weighted by Crippen LogP contribution is 2.26. The molecule has 0 saturated heterocycles. The van der Waals surface area contributed by atoms with Gasteiger partial charge in [-0.05, 0) is 12.0 Å². The molecule has 0 radical (unpaired) electrons. The zero-order valence-electron chi connectivity index (χ0n) is 11.7. The average molecular weight is 310 g/mol. The van der Waals surface area contributed by atoms with Gasteiger partial charge in [-0.3, -0.25) is 9.78 Å². The van der Waals surface area contributed by atoms with Gasteiger partial charge >= 0.3 is 5.97 Å². The molecule has 0 atom stereocenters. The fourth-order valence-corrected chi connectivity index (χ4v) is 2.48. The Hall–Kier alpha value is -1.96. The minimum Gasteiger partial charge on any atom is -0.481 e. The molecule has 0 saturated carbocycles. The highest BCUT2D eigenvalue weighted by atomic mass is 32.2. The van der Waals surface area contributed by atoms with E-state index in [4.69, 9.17) is 5.11 Å². The van der Waals surface area contributed by atoms with Crippen LogP contribution in [-0.2, 0) is 11.3 Å². The summed E-state index contributed by atoms with van der Waals surface area (Å²) in [6.07, 6.45) is 2.60. The molecule has 0 aliphatic rings. The highest BCUT2D eigenvalue weighted by Gasteiger charge is 2.18. The van der Waals surface area contributed by atoms with Gasteiger partial charge in [0.25, 0.3) is 0 Å². The van der Waals surface area contributed by atoms with Crippen LogP contribution in [0.15, 0.2) is 23.6 Å². The number of carbonyl (C=O) groups is 1. The van der Waals surface area contributed by atoms with E-state index in [1.165, 1.54) is 12.3 Å². The smallest absolute Gasteiger partial charge is 0.313 e. The number of thioether (sulfide) groups is 1. The Morgan fingerprint density at radius 3 is 2.86 bits per heavy atom. The number of aromatic nitrogens is 4. The predicted molar refractivity (Wildman–Crippen MR) is 76.4 cm³/mol. The Kier molecular flexibility index (Phi) is 4.89. The first-order valence-corrected chi connectivity index (χ1v) is 7.35. The molecule has 1 N–H and O–H groups in total. The Labute approximate surface area is 125 Å². The van der Waals surface area contributed by atoms with E-state index in [1.54, 1.807) is 4.57 Å². The van der Waals surface area contributed by atoms with E-state index in [-0.39, 0.29) is 11.7 Å². The monoisotopic (exact) mass is 310 g/mol. The SMILES string of the molecule is CC(C)Cn1c(SCC(=O)O)nnc1-c1ccncc1F. The lowest BCUT2D eigenvalue weighted by Crippen LogP contribution is -2.09. The summed E-state index contributed by atoms with van der Waals surface area (Å²) in [5, 5.41) is 17.2. The van der Waals surface area contributed by atoms with E-state index < -0.39 is 11.8 Å². The molecule has 0 amide bonds. The van der Waals surface area contributed by atoms with E-state index in [0.717, 1.165) is 18.0 Å². The quantitative estimate of drug-likeness (QED) is 0.825. The van der Waals surface area contributed by atoms with Crippen LogP contribution < -0.4 is 0 Å². The molecule has 21 heavy (non-hydrogen) atoms. The second kappa shape index (κ2) is 6.66. The van der Waals surface area contributed by atoms with E-state index in [1.807, 2.05) is 13.8 Å². The van der Waals surface area contributed by atoms with Crippen molar-refractivity contribution >= 4 is 17.7 Å². The predicted octanol–water partition coefficient (Wildman–Crippen LogP) is 2.31. The number of carboxylic acid groups (broad SMARTS) is 1. The third kappa shape index (κ3) is 3.78. The van der Waals surface area contributed by atoms with E-state index in [9.17, 15) is 9.18 Å². The first-order valence-electron chi connectivity index (χ1n) is 6.36. The minimum atomic E-state index is -0.935. The molecular formula is C13H15FN4O2S. The molecule has 2 rings (SSSR count). The van der Waals surface area contributed by atoms with Crippen molar-refractivity contribution in [3.63, 3.8) is 0 Å². The molecule has 2 aromatic rings. The van der Waals surface area contributed by atoms with E-state index >= 15 is 0 Å². The van der Waals surface area contributed by atoms with Crippen LogP contribution in [0.3, 0.4) is 0 Å². The van der Waals surface area contributed by atoms with Gasteiger partial charge in [0.05, 0.1) is 17.5 Å². The maximum atomic E-state index is 13.9. The normalized spacial score (nSPS) is 11.0. The van der Waals surface area contributed by atoms with Gasteiger partial charge in [0, 0.05) is 12.7 Å². The van der Waals surface area contributed by atoms with Crippen molar-refractivity contribution in [1.29, 1.82) is 0 Å². The minimum absolute atomic E-state index is 0.116. The second-order valence-electron chi connectivity index (χ2n) is 4.85. The lowest BCUT2D eigenvalue weighted by molar-refractivity contribution is -0.133. The van der Waals surface area contributed by atoms with Crippen LogP contribution in [0.4, 0.5) is 4.39 Å². The number of nitrogens with zero attached hydrogens (tertiary/aromatic N) is 4. The zero-order valence-corrected chi connectivity index (χ0v) is 12.5. The summed E-state index contributed by atoms with van der Waals surface area (Å²) in [6.45, 7) is 4.60. The van der Waals surface area contributed by atoms with Crippen molar-refractivity contribution in [3.8, 4) is 11.4 Å². The summed E-state index contributed by atoms with van der Waals surface area (Å²) < 4.78 is 15.6. The molecular weight excluding hydrogens is 295 g/mol. The van der Waals surface area contributed by atoms with Gasteiger partial charge in [-0.1, -0.05) is 25.6 Å². The molecule has 0 bridgehead atoms. The average Bonchev–Trinajstić information content (AvgIpc) is 2.79. The number of hydrogen-bond donors (Lipinski definition) is 1. The van der Waals surface area contributed by atoms with Gasteiger partial charge in [-0.2, -0.15) is 0 Å². The molecule has 0 aromatic carbocycles. The van der Waals surface area contributed by atoms with Gasteiger partial charge in [0.15, 0.2) is 16.8 Å². The maximum Gasteiger partial charge on any atom is 0.313 e. The van der Waals surface area contributed by atoms with Gasteiger partial charge in [0.1, 0.15) is 0 Å². The lowest BCUT2D eigenvalue weighted by atomic mass is 10.2. The highest BCUT2D eigenvalue weighted by molar-refractivity contribution is 7.99. The number of aliphatic carboxylic acids is 1. The van der Waals surface area contributed by atoms with Crippen molar-refractivity contribution in [3.05, 3.63) is 24.3 Å². The zero-order chi connectivity index (χ0) is 15.4. The third-order valence-electron chi connectivity index (χ3n) is 2.60. The molecule has 8 heteroatoms. The fraction of sp³-hybridized carbons (Fsp3) is 0.385. The molecule has 2 heterocycles. The summed E-state index contributed by atoms with van der Waals surface area (Å²) in [6, 6.07) is 1.53. The number of halogens is 1. The van der Waals surface area contributed by atoms with Gasteiger partial charge in [-0.15, -0.1) is 10.2 Å². The lowest BCUT2D eigenvalue weighted by Gasteiger charge is -2.12. The van der Waals surface area contributed by atoms with Crippen molar-refractivity contribution < 1.29 is 14.3 Å². The Morgan fingerprint density at radius 1 is 1.48 bits per heavy atom.